The predicted octanol–water partition coefficient (Wildman–Crippen LogP) is 3.45. The summed E-state index contributed by atoms with van der Waals surface area (Å²) in [7, 11) is 0. The Morgan fingerprint density at radius 3 is 2.28 bits per heavy atom. The lowest BCUT2D eigenvalue weighted by Crippen LogP contribution is -2.08. The standard InChI is InChI=1S/C18H21ClN4O2/c1-4-16(24)25-9-7-8-12-10-14-15(11-13(12)19)23-18(21-6-3)17(22-14)20-5-2/h10-11H,4-6,9H2,1-3H3,(H,20,22)(H,21,23). The highest BCUT2D eigenvalue weighted by Gasteiger charge is 2.10. The third kappa shape index (κ3) is 4.97. The third-order valence-corrected chi connectivity index (χ3v) is 3.57. The SMILES string of the molecule is CCNc1nc2cc(Cl)c(C#CCOC(=O)CC)cc2nc1NCC. The van der Waals surface area contributed by atoms with Crippen LogP contribution in [0.15, 0.2) is 12.1 Å². The molecule has 2 aromatic rings. The minimum absolute atomic E-state index is 0.0364. The monoisotopic (exact) mass is 360 g/mol. The van der Waals surface area contributed by atoms with Crippen molar-refractivity contribution in [2.24, 2.45) is 0 Å². The molecule has 0 amide bonds. The molecule has 0 atom stereocenters. The Balaban J connectivity index is 2.34. The van der Waals surface area contributed by atoms with Gasteiger partial charge in [0.2, 0.25) is 0 Å². The zero-order chi connectivity index (χ0) is 18.2. The van der Waals surface area contributed by atoms with Crippen molar-refractivity contribution in [3.8, 4) is 11.8 Å². The molecule has 25 heavy (non-hydrogen) atoms. The Morgan fingerprint density at radius 2 is 1.72 bits per heavy atom. The van der Waals surface area contributed by atoms with Gasteiger partial charge >= 0.3 is 5.97 Å². The van der Waals surface area contributed by atoms with E-state index in [4.69, 9.17) is 16.3 Å². The fraction of sp³-hybridized carbons (Fsp3) is 0.389. The molecule has 0 saturated carbocycles. The van der Waals surface area contributed by atoms with Crippen LogP contribution in [-0.2, 0) is 9.53 Å². The van der Waals surface area contributed by atoms with E-state index < -0.39 is 0 Å². The summed E-state index contributed by atoms with van der Waals surface area (Å²) in [5, 5.41) is 6.87. The zero-order valence-electron chi connectivity index (χ0n) is 14.6. The second-order valence-corrected chi connectivity index (χ2v) is 5.53. The van der Waals surface area contributed by atoms with Gasteiger partial charge in [-0.15, -0.1) is 0 Å². The van der Waals surface area contributed by atoms with E-state index in [1.807, 2.05) is 13.8 Å². The van der Waals surface area contributed by atoms with Crippen LogP contribution in [0.4, 0.5) is 11.6 Å². The van der Waals surface area contributed by atoms with Crippen molar-refractivity contribution < 1.29 is 9.53 Å². The number of esters is 1. The van der Waals surface area contributed by atoms with Crippen LogP contribution in [-0.4, -0.2) is 35.6 Å². The van der Waals surface area contributed by atoms with Gasteiger partial charge in [-0.05, 0) is 26.0 Å². The first-order chi connectivity index (χ1) is 12.1. The highest BCUT2D eigenvalue weighted by Crippen LogP contribution is 2.26. The largest absolute Gasteiger partial charge is 0.452 e. The number of carbonyl (C=O) groups is 1. The number of aromatic nitrogens is 2. The summed E-state index contributed by atoms with van der Waals surface area (Å²) in [5.41, 5.74) is 2.00. The summed E-state index contributed by atoms with van der Waals surface area (Å²) in [5.74, 6) is 6.80. The number of hydrogen-bond acceptors (Lipinski definition) is 6. The van der Waals surface area contributed by atoms with E-state index in [-0.39, 0.29) is 12.6 Å². The van der Waals surface area contributed by atoms with Gasteiger partial charge in [-0.25, -0.2) is 9.97 Å². The van der Waals surface area contributed by atoms with Gasteiger partial charge in [0.1, 0.15) is 0 Å². The Bertz CT molecular complexity index is 827. The molecule has 6 nitrogen and oxygen atoms in total. The third-order valence-electron chi connectivity index (χ3n) is 3.26. The minimum atomic E-state index is -0.281. The maximum absolute atomic E-state index is 11.1. The number of rotatable bonds is 6. The van der Waals surface area contributed by atoms with Crippen molar-refractivity contribution in [2.75, 3.05) is 30.3 Å². The number of fused-ring (bicyclic) bond motifs is 1. The Kier molecular flexibility index (Phi) is 6.84. The Labute approximate surface area is 152 Å². The molecular formula is C18H21ClN4O2. The number of hydrogen-bond donors (Lipinski definition) is 2. The van der Waals surface area contributed by atoms with Gasteiger partial charge in [0, 0.05) is 25.1 Å². The number of ether oxygens (including phenoxy) is 1. The van der Waals surface area contributed by atoms with Crippen molar-refractivity contribution in [3.05, 3.63) is 22.7 Å². The Hall–Kier alpha value is -2.52. The average Bonchev–Trinajstić information content (AvgIpc) is 2.60. The van der Waals surface area contributed by atoms with Crippen LogP contribution in [0.1, 0.15) is 32.8 Å². The summed E-state index contributed by atoms with van der Waals surface area (Å²) in [6, 6.07) is 3.53. The average molecular weight is 361 g/mol. The van der Waals surface area contributed by atoms with E-state index >= 15 is 0 Å². The quantitative estimate of drug-likeness (QED) is 0.607. The van der Waals surface area contributed by atoms with Crippen LogP contribution in [0.25, 0.3) is 11.0 Å². The molecule has 0 saturated heterocycles. The van der Waals surface area contributed by atoms with Crippen molar-refractivity contribution in [1.29, 1.82) is 0 Å². The normalized spacial score (nSPS) is 10.1. The first kappa shape index (κ1) is 18.8. The zero-order valence-corrected chi connectivity index (χ0v) is 15.3. The van der Waals surface area contributed by atoms with Crippen molar-refractivity contribution in [1.82, 2.24) is 9.97 Å². The highest BCUT2D eigenvalue weighted by molar-refractivity contribution is 6.32. The van der Waals surface area contributed by atoms with Crippen molar-refractivity contribution in [2.45, 2.75) is 27.2 Å². The van der Waals surface area contributed by atoms with Crippen LogP contribution in [0.5, 0.6) is 0 Å². The molecule has 0 radical (unpaired) electrons. The first-order valence-corrected chi connectivity index (χ1v) is 8.60. The van der Waals surface area contributed by atoms with E-state index in [1.165, 1.54) is 0 Å². The molecular weight excluding hydrogens is 340 g/mol. The van der Waals surface area contributed by atoms with Crippen LogP contribution in [0, 0.1) is 11.8 Å². The molecule has 1 aromatic heterocycles. The van der Waals surface area contributed by atoms with E-state index in [2.05, 4.69) is 32.4 Å². The van der Waals surface area contributed by atoms with Gasteiger partial charge in [0.15, 0.2) is 18.2 Å². The molecule has 132 valence electrons. The lowest BCUT2D eigenvalue weighted by atomic mass is 10.2. The fourth-order valence-corrected chi connectivity index (χ4v) is 2.31. The molecule has 0 spiro atoms. The molecule has 0 fully saturated rings. The lowest BCUT2D eigenvalue weighted by molar-refractivity contribution is -0.141. The van der Waals surface area contributed by atoms with E-state index in [1.54, 1.807) is 19.1 Å². The predicted molar refractivity (Wildman–Crippen MR) is 101 cm³/mol. The Morgan fingerprint density at radius 1 is 1.12 bits per heavy atom. The summed E-state index contributed by atoms with van der Waals surface area (Å²) >= 11 is 6.29. The van der Waals surface area contributed by atoms with Gasteiger partial charge in [-0.3, -0.25) is 4.79 Å². The molecule has 1 aromatic carbocycles. The topological polar surface area (TPSA) is 76.1 Å². The van der Waals surface area contributed by atoms with Crippen LogP contribution < -0.4 is 10.6 Å². The second kappa shape index (κ2) is 9.09. The summed E-state index contributed by atoms with van der Waals surface area (Å²) in [6.45, 7) is 7.25. The molecule has 0 bridgehead atoms. The van der Waals surface area contributed by atoms with Crippen molar-refractivity contribution in [3.63, 3.8) is 0 Å². The van der Waals surface area contributed by atoms with Gasteiger partial charge < -0.3 is 15.4 Å². The number of carbonyl (C=O) groups excluding carboxylic acids is 1. The van der Waals surface area contributed by atoms with Crippen LogP contribution in [0.2, 0.25) is 5.02 Å². The van der Waals surface area contributed by atoms with Crippen molar-refractivity contribution >= 4 is 40.2 Å². The van der Waals surface area contributed by atoms with E-state index in [9.17, 15) is 4.79 Å². The minimum Gasteiger partial charge on any atom is -0.452 e. The molecule has 0 aliphatic carbocycles. The summed E-state index contributed by atoms with van der Waals surface area (Å²) < 4.78 is 4.93. The number of nitrogens with one attached hydrogen (secondary N) is 2. The lowest BCUT2D eigenvalue weighted by Gasteiger charge is -2.11. The maximum Gasteiger partial charge on any atom is 0.306 e. The van der Waals surface area contributed by atoms with Crippen LogP contribution in [0.3, 0.4) is 0 Å². The van der Waals surface area contributed by atoms with Gasteiger partial charge in [0.25, 0.3) is 0 Å². The molecule has 2 N–H and O–H groups in total. The van der Waals surface area contributed by atoms with E-state index in [0.717, 1.165) is 13.1 Å². The fourth-order valence-electron chi connectivity index (χ4n) is 2.10. The number of anilines is 2. The van der Waals surface area contributed by atoms with E-state index in [0.29, 0.717) is 39.7 Å². The second-order valence-electron chi connectivity index (χ2n) is 5.12. The molecule has 7 heteroatoms. The van der Waals surface area contributed by atoms with Gasteiger partial charge in [-0.2, -0.15) is 0 Å². The molecule has 0 aliphatic rings. The molecule has 1 heterocycles. The molecule has 0 unspecified atom stereocenters. The van der Waals surface area contributed by atoms with Crippen LogP contribution >= 0.6 is 11.6 Å². The molecule has 2 rings (SSSR count). The first-order valence-electron chi connectivity index (χ1n) is 8.22. The summed E-state index contributed by atoms with van der Waals surface area (Å²) in [6.07, 6.45) is 0.329. The number of nitrogens with zero attached hydrogens (tertiary/aromatic N) is 2. The summed E-state index contributed by atoms with van der Waals surface area (Å²) in [4.78, 5) is 20.3. The smallest absolute Gasteiger partial charge is 0.306 e. The molecule has 0 aliphatic heterocycles. The number of halogens is 1. The number of benzene rings is 1. The maximum atomic E-state index is 11.1. The highest BCUT2D eigenvalue weighted by atomic mass is 35.5. The van der Waals surface area contributed by atoms with Gasteiger partial charge in [-0.1, -0.05) is 30.4 Å². The van der Waals surface area contributed by atoms with Gasteiger partial charge in [0.05, 0.1) is 16.1 Å².